The van der Waals surface area contributed by atoms with Gasteiger partial charge in [-0.2, -0.15) is 0 Å². The minimum absolute atomic E-state index is 0.0366. The van der Waals surface area contributed by atoms with E-state index in [0.717, 1.165) is 11.1 Å². The average Bonchev–Trinajstić information content (AvgIpc) is 3.26. The number of hydrogen-bond donors (Lipinski definition) is 2. The van der Waals surface area contributed by atoms with Crippen LogP contribution in [0.4, 0.5) is 10.1 Å². The zero-order valence-corrected chi connectivity index (χ0v) is 18.3. The molecular formula is C24H24FN5O3. The van der Waals surface area contributed by atoms with E-state index in [1.807, 2.05) is 24.3 Å². The molecule has 1 atom stereocenters. The predicted molar refractivity (Wildman–Crippen MR) is 122 cm³/mol. The highest BCUT2D eigenvalue weighted by molar-refractivity contribution is 5.94. The van der Waals surface area contributed by atoms with Crippen LogP contribution in [-0.2, 0) is 29.2 Å². The van der Waals surface area contributed by atoms with Crippen LogP contribution in [0.2, 0.25) is 0 Å². The van der Waals surface area contributed by atoms with Crippen LogP contribution in [0.25, 0.3) is 11.4 Å². The van der Waals surface area contributed by atoms with Gasteiger partial charge in [0.1, 0.15) is 23.9 Å². The summed E-state index contributed by atoms with van der Waals surface area (Å²) in [6, 6.07) is 12.8. The third-order valence-electron chi connectivity index (χ3n) is 5.72. The molecule has 1 aliphatic rings. The standard InChI is InChI=1S/C24H24FN5O3/c1-15(26-2)23(32)28-20-11-27-22(16-7-9-19(25)10-8-16)30(24(20)33)14-21(31)29-12-17-5-3-4-6-18(17)13-29/h3-11,15,26H,12-14H2,1-2H3,(H,28,32)/t15-/m0/s1. The molecule has 2 N–H and O–H groups in total. The van der Waals surface area contributed by atoms with Crippen LogP contribution >= 0.6 is 0 Å². The number of rotatable bonds is 6. The Morgan fingerprint density at radius 2 is 1.73 bits per heavy atom. The van der Waals surface area contributed by atoms with Gasteiger partial charge >= 0.3 is 0 Å². The van der Waals surface area contributed by atoms with Crippen LogP contribution in [0, 0.1) is 5.82 Å². The number of amides is 2. The molecule has 0 aliphatic carbocycles. The van der Waals surface area contributed by atoms with Gasteiger partial charge in [-0.1, -0.05) is 24.3 Å². The third-order valence-corrected chi connectivity index (χ3v) is 5.72. The SMILES string of the molecule is CN[C@@H](C)C(=O)Nc1cnc(-c2ccc(F)cc2)n(CC(=O)N2Cc3ccccc3C2)c1=O. The van der Waals surface area contributed by atoms with Crippen molar-refractivity contribution >= 4 is 17.5 Å². The summed E-state index contributed by atoms with van der Waals surface area (Å²) in [4.78, 5) is 44.7. The van der Waals surface area contributed by atoms with Crippen molar-refractivity contribution in [1.29, 1.82) is 0 Å². The number of hydrogen-bond acceptors (Lipinski definition) is 5. The van der Waals surface area contributed by atoms with Gasteiger partial charge in [-0.05, 0) is 49.4 Å². The highest BCUT2D eigenvalue weighted by Crippen LogP contribution is 2.23. The van der Waals surface area contributed by atoms with E-state index >= 15 is 0 Å². The Balaban J connectivity index is 1.68. The van der Waals surface area contributed by atoms with Crippen molar-refractivity contribution in [2.75, 3.05) is 12.4 Å². The molecule has 0 radical (unpaired) electrons. The maximum absolute atomic E-state index is 13.4. The number of halogens is 1. The molecule has 9 heteroatoms. The Morgan fingerprint density at radius 1 is 1.09 bits per heavy atom. The average molecular weight is 449 g/mol. The van der Waals surface area contributed by atoms with Gasteiger partial charge in [0.15, 0.2) is 0 Å². The van der Waals surface area contributed by atoms with E-state index in [1.165, 1.54) is 35.0 Å². The van der Waals surface area contributed by atoms with E-state index in [4.69, 9.17) is 0 Å². The van der Waals surface area contributed by atoms with Crippen molar-refractivity contribution < 1.29 is 14.0 Å². The van der Waals surface area contributed by atoms with E-state index < -0.39 is 23.3 Å². The van der Waals surface area contributed by atoms with Crippen LogP contribution in [0.15, 0.2) is 59.5 Å². The van der Waals surface area contributed by atoms with Gasteiger partial charge in [0.25, 0.3) is 5.56 Å². The van der Waals surface area contributed by atoms with Gasteiger partial charge in [-0.3, -0.25) is 19.0 Å². The number of benzene rings is 2. The third kappa shape index (κ3) is 4.68. The van der Waals surface area contributed by atoms with Gasteiger partial charge in [0.05, 0.1) is 12.2 Å². The molecule has 0 bridgehead atoms. The summed E-state index contributed by atoms with van der Waals surface area (Å²) in [5, 5.41) is 5.37. The van der Waals surface area contributed by atoms with E-state index in [0.29, 0.717) is 18.7 Å². The van der Waals surface area contributed by atoms with Gasteiger partial charge in [-0.25, -0.2) is 9.37 Å². The molecule has 170 valence electrons. The van der Waals surface area contributed by atoms with Gasteiger partial charge in [0.2, 0.25) is 11.8 Å². The van der Waals surface area contributed by atoms with Crippen molar-refractivity contribution in [3.8, 4) is 11.4 Å². The maximum Gasteiger partial charge on any atom is 0.278 e. The van der Waals surface area contributed by atoms with Crippen LogP contribution in [0.5, 0.6) is 0 Å². The number of anilines is 1. The number of nitrogens with zero attached hydrogens (tertiary/aromatic N) is 3. The van der Waals surface area contributed by atoms with Crippen LogP contribution in [-0.4, -0.2) is 39.4 Å². The molecule has 2 amide bonds. The number of carbonyl (C=O) groups excluding carboxylic acids is 2. The largest absolute Gasteiger partial charge is 0.332 e. The van der Waals surface area contributed by atoms with Crippen molar-refractivity contribution in [2.45, 2.75) is 32.6 Å². The van der Waals surface area contributed by atoms with Crippen molar-refractivity contribution in [1.82, 2.24) is 19.8 Å². The molecule has 33 heavy (non-hydrogen) atoms. The zero-order chi connectivity index (χ0) is 23.5. The molecule has 8 nitrogen and oxygen atoms in total. The summed E-state index contributed by atoms with van der Waals surface area (Å²) in [5.41, 5.74) is 2.01. The lowest BCUT2D eigenvalue weighted by Gasteiger charge is -2.19. The molecule has 0 unspecified atom stereocenters. The fraction of sp³-hybridized carbons (Fsp3) is 0.250. The first-order valence-electron chi connectivity index (χ1n) is 10.6. The van der Waals surface area contributed by atoms with Crippen LogP contribution in [0.1, 0.15) is 18.1 Å². The number of fused-ring (bicyclic) bond motifs is 1. The lowest BCUT2D eigenvalue weighted by atomic mass is 10.1. The number of carbonyl (C=O) groups is 2. The lowest BCUT2D eigenvalue weighted by molar-refractivity contribution is -0.132. The molecule has 1 aromatic heterocycles. The number of aromatic nitrogens is 2. The highest BCUT2D eigenvalue weighted by atomic mass is 19.1. The normalized spacial score (nSPS) is 13.5. The number of nitrogens with one attached hydrogen (secondary N) is 2. The summed E-state index contributed by atoms with van der Waals surface area (Å²) >= 11 is 0. The Morgan fingerprint density at radius 3 is 2.33 bits per heavy atom. The van der Waals surface area contributed by atoms with E-state index in [2.05, 4.69) is 15.6 Å². The minimum atomic E-state index is -0.564. The summed E-state index contributed by atoms with van der Waals surface area (Å²) < 4.78 is 14.7. The molecule has 0 saturated heterocycles. The quantitative estimate of drug-likeness (QED) is 0.601. The molecule has 0 fully saturated rings. The van der Waals surface area contributed by atoms with Crippen LogP contribution in [0.3, 0.4) is 0 Å². The molecule has 4 rings (SSSR count). The van der Waals surface area contributed by atoms with Gasteiger partial charge < -0.3 is 15.5 Å². The smallest absolute Gasteiger partial charge is 0.278 e. The van der Waals surface area contributed by atoms with Crippen molar-refractivity contribution in [3.05, 3.63) is 82.0 Å². The summed E-state index contributed by atoms with van der Waals surface area (Å²) in [7, 11) is 1.63. The number of likely N-dealkylation sites (N-methyl/N-ethyl adjacent to an activating group) is 1. The molecule has 2 aromatic carbocycles. The Bertz CT molecular complexity index is 1230. The summed E-state index contributed by atoms with van der Waals surface area (Å²) in [6.07, 6.45) is 1.26. The minimum Gasteiger partial charge on any atom is -0.332 e. The Kier molecular flexibility index (Phi) is 6.32. The van der Waals surface area contributed by atoms with E-state index in [1.54, 1.807) is 18.9 Å². The van der Waals surface area contributed by atoms with Crippen LogP contribution < -0.4 is 16.2 Å². The highest BCUT2D eigenvalue weighted by Gasteiger charge is 2.25. The summed E-state index contributed by atoms with van der Waals surface area (Å²) in [5.74, 6) is -0.877. The van der Waals surface area contributed by atoms with E-state index in [9.17, 15) is 18.8 Å². The molecule has 0 spiro atoms. The fourth-order valence-electron chi connectivity index (χ4n) is 3.67. The second kappa shape index (κ2) is 9.33. The van der Waals surface area contributed by atoms with E-state index in [-0.39, 0.29) is 24.0 Å². The lowest BCUT2D eigenvalue weighted by Crippen LogP contribution is -2.39. The second-order valence-corrected chi connectivity index (χ2v) is 7.91. The Hall–Kier alpha value is -3.85. The first-order valence-corrected chi connectivity index (χ1v) is 10.6. The first kappa shape index (κ1) is 22.3. The molecule has 0 saturated carbocycles. The molecule has 2 heterocycles. The maximum atomic E-state index is 13.4. The summed E-state index contributed by atoms with van der Waals surface area (Å²) in [6.45, 7) is 2.30. The van der Waals surface area contributed by atoms with Crippen molar-refractivity contribution in [2.24, 2.45) is 0 Å². The Labute approximate surface area is 190 Å². The predicted octanol–water partition coefficient (Wildman–Crippen LogP) is 2.14. The topological polar surface area (TPSA) is 96.3 Å². The van der Waals surface area contributed by atoms with Gasteiger partial charge in [0, 0.05) is 18.7 Å². The molecular weight excluding hydrogens is 425 g/mol. The van der Waals surface area contributed by atoms with Crippen molar-refractivity contribution in [3.63, 3.8) is 0 Å². The second-order valence-electron chi connectivity index (χ2n) is 7.91. The molecule has 3 aromatic rings. The fourth-order valence-corrected chi connectivity index (χ4v) is 3.67. The monoisotopic (exact) mass is 449 g/mol. The van der Waals surface area contributed by atoms with Gasteiger partial charge in [-0.15, -0.1) is 0 Å². The molecule has 1 aliphatic heterocycles. The zero-order valence-electron chi connectivity index (χ0n) is 18.3. The first-order chi connectivity index (χ1) is 15.9.